The maximum absolute atomic E-state index is 6.06. The zero-order valence-electron chi connectivity index (χ0n) is 10.2. The predicted octanol–water partition coefficient (Wildman–Crippen LogP) is 2.14. The Kier molecular flexibility index (Phi) is 3.11. The van der Waals surface area contributed by atoms with E-state index in [2.05, 4.69) is 9.97 Å². The summed E-state index contributed by atoms with van der Waals surface area (Å²) in [5.41, 5.74) is 6.70. The lowest BCUT2D eigenvalue weighted by Crippen LogP contribution is -2.28. The van der Waals surface area contributed by atoms with Crippen molar-refractivity contribution in [3.8, 4) is 5.88 Å². The lowest BCUT2D eigenvalue weighted by molar-refractivity contribution is 0.158. The lowest BCUT2D eigenvalue weighted by atomic mass is 10.1. The van der Waals surface area contributed by atoms with Gasteiger partial charge in [0.1, 0.15) is 12.4 Å². The molecule has 1 aliphatic carbocycles. The van der Waals surface area contributed by atoms with Crippen LogP contribution < -0.4 is 10.5 Å². The minimum atomic E-state index is 0.202. The van der Waals surface area contributed by atoms with Crippen molar-refractivity contribution in [1.29, 1.82) is 0 Å². The first-order chi connectivity index (χ1) is 8.88. The molecular formula is C14H17N3O. The Morgan fingerprint density at radius 3 is 3.00 bits per heavy atom. The number of benzene rings is 1. The number of para-hydroxylation sites is 1. The van der Waals surface area contributed by atoms with Gasteiger partial charge in [0.15, 0.2) is 0 Å². The topological polar surface area (TPSA) is 61.0 Å². The molecule has 1 saturated carbocycles. The van der Waals surface area contributed by atoms with E-state index in [1.807, 2.05) is 24.3 Å². The van der Waals surface area contributed by atoms with Crippen LogP contribution in [0.25, 0.3) is 10.9 Å². The van der Waals surface area contributed by atoms with Crippen LogP contribution in [0.2, 0.25) is 0 Å². The normalized spacial score (nSPS) is 23.4. The van der Waals surface area contributed by atoms with Crippen LogP contribution in [0, 0.1) is 5.92 Å². The molecule has 2 aromatic rings. The highest BCUT2D eigenvalue weighted by atomic mass is 16.5. The molecule has 0 spiro atoms. The molecule has 1 heterocycles. The van der Waals surface area contributed by atoms with Crippen LogP contribution in [-0.4, -0.2) is 22.6 Å². The molecule has 0 amide bonds. The van der Waals surface area contributed by atoms with Gasteiger partial charge < -0.3 is 10.5 Å². The van der Waals surface area contributed by atoms with Gasteiger partial charge >= 0.3 is 0 Å². The highest BCUT2D eigenvalue weighted by molar-refractivity contribution is 5.82. The van der Waals surface area contributed by atoms with E-state index in [1.165, 1.54) is 6.42 Å². The molecule has 3 rings (SSSR count). The van der Waals surface area contributed by atoms with E-state index in [9.17, 15) is 0 Å². The van der Waals surface area contributed by atoms with Crippen LogP contribution in [0.5, 0.6) is 5.88 Å². The fourth-order valence-corrected chi connectivity index (χ4v) is 2.65. The molecule has 94 valence electrons. The minimum Gasteiger partial charge on any atom is -0.473 e. The molecule has 2 atom stereocenters. The van der Waals surface area contributed by atoms with Crippen molar-refractivity contribution in [1.82, 2.24) is 9.97 Å². The summed E-state index contributed by atoms with van der Waals surface area (Å²) < 4.78 is 6.06. The average molecular weight is 243 g/mol. The Hall–Kier alpha value is -1.68. The number of fused-ring (bicyclic) bond motifs is 1. The third-order valence-electron chi connectivity index (χ3n) is 3.66. The van der Waals surface area contributed by atoms with E-state index in [0.29, 0.717) is 18.3 Å². The summed E-state index contributed by atoms with van der Waals surface area (Å²) >= 11 is 0. The third-order valence-corrected chi connectivity index (χ3v) is 3.66. The van der Waals surface area contributed by atoms with Gasteiger partial charge in [-0.15, -0.1) is 0 Å². The molecule has 4 heteroatoms. The predicted molar refractivity (Wildman–Crippen MR) is 70.3 cm³/mol. The van der Waals surface area contributed by atoms with Gasteiger partial charge in [-0.3, -0.25) is 0 Å². The summed E-state index contributed by atoms with van der Waals surface area (Å²) in [5.74, 6) is 1.14. The van der Waals surface area contributed by atoms with Gasteiger partial charge in [0, 0.05) is 5.92 Å². The SMILES string of the molecule is NCC1CCCC1Oc1ncnc2ccccc12. The van der Waals surface area contributed by atoms with Crippen LogP contribution in [-0.2, 0) is 0 Å². The van der Waals surface area contributed by atoms with Crippen LogP contribution in [0.4, 0.5) is 0 Å². The molecule has 1 aliphatic rings. The molecule has 2 N–H and O–H groups in total. The Labute approximate surface area is 106 Å². The van der Waals surface area contributed by atoms with E-state index >= 15 is 0 Å². The average Bonchev–Trinajstić information content (AvgIpc) is 2.86. The van der Waals surface area contributed by atoms with Gasteiger partial charge in [-0.1, -0.05) is 12.1 Å². The molecule has 0 aliphatic heterocycles. The molecule has 2 unspecified atom stereocenters. The Morgan fingerprint density at radius 1 is 1.22 bits per heavy atom. The smallest absolute Gasteiger partial charge is 0.224 e. The maximum atomic E-state index is 6.06. The van der Waals surface area contributed by atoms with E-state index in [0.717, 1.165) is 23.7 Å². The molecule has 18 heavy (non-hydrogen) atoms. The quantitative estimate of drug-likeness (QED) is 0.897. The number of rotatable bonds is 3. The van der Waals surface area contributed by atoms with Gasteiger partial charge in [0.2, 0.25) is 5.88 Å². The van der Waals surface area contributed by atoms with Gasteiger partial charge in [-0.25, -0.2) is 9.97 Å². The first kappa shape index (κ1) is 11.4. The molecule has 1 fully saturated rings. The van der Waals surface area contributed by atoms with E-state index < -0.39 is 0 Å². The second-order valence-electron chi connectivity index (χ2n) is 4.78. The summed E-state index contributed by atoms with van der Waals surface area (Å²) in [4.78, 5) is 8.50. The molecule has 0 saturated heterocycles. The third kappa shape index (κ3) is 2.04. The van der Waals surface area contributed by atoms with E-state index in [-0.39, 0.29) is 6.10 Å². The Bertz CT molecular complexity index is 538. The number of nitrogens with two attached hydrogens (primary N) is 1. The first-order valence-corrected chi connectivity index (χ1v) is 6.45. The fourth-order valence-electron chi connectivity index (χ4n) is 2.65. The van der Waals surface area contributed by atoms with E-state index in [4.69, 9.17) is 10.5 Å². The molecule has 1 aromatic heterocycles. The largest absolute Gasteiger partial charge is 0.473 e. The molecule has 0 radical (unpaired) electrons. The highest BCUT2D eigenvalue weighted by Gasteiger charge is 2.28. The summed E-state index contributed by atoms with van der Waals surface area (Å²) in [6.07, 6.45) is 5.18. The summed E-state index contributed by atoms with van der Waals surface area (Å²) in [7, 11) is 0. The summed E-state index contributed by atoms with van der Waals surface area (Å²) in [6, 6.07) is 7.92. The van der Waals surface area contributed by atoms with Crippen LogP contribution in [0.1, 0.15) is 19.3 Å². The molecule has 4 nitrogen and oxygen atoms in total. The van der Waals surface area contributed by atoms with Crippen molar-refractivity contribution in [2.75, 3.05) is 6.54 Å². The summed E-state index contributed by atoms with van der Waals surface area (Å²) in [5, 5.41) is 0.975. The van der Waals surface area contributed by atoms with Crippen molar-refractivity contribution in [2.24, 2.45) is 11.7 Å². The standard InChI is InChI=1S/C14H17N3O/c15-8-10-4-3-7-13(10)18-14-11-5-1-2-6-12(11)16-9-17-14/h1-2,5-6,9-10,13H,3-4,7-8,15H2. The van der Waals surface area contributed by atoms with E-state index in [1.54, 1.807) is 6.33 Å². The second-order valence-corrected chi connectivity index (χ2v) is 4.78. The zero-order valence-corrected chi connectivity index (χ0v) is 10.2. The maximum Gasteiger partial charge on any atom is 0.224 e. The van der Waals surface area contributed by atoms with Crippen LogP contribution in [0.15, 0.2) is 30.6 Å². The number of aromatic nitrogens is 2. The zero-order chi connectivity index (χ0) is 12.4. The number of hydrogen-bond acceptors (Lipinski definition) is 4. The van der Waals surface area contributed by atoms with Gasteiger partial charge in [0.05, 0.1) is 10.9 Å². The Morgan fingerprint density at radius 2 is 2.11 bits per heavy atom. The number of ether oxygens (including phenoxy) is 1. The van der Waals surface area contributed by atoms with Crippen molar-refractivity contribution < 1.29 is 4.74 Å². The lowest BCUT2D eigenvalue weighted by Gasteiger charge is -2.19. The van der Waals surface area contributed by atoms with Crippen molar-refractivity contribution in [3.05, 3.63) is 30.6 Å². The summed E-state index contributed by atoms with van der Waals surface area (Å²) in [6.45, 7) is 0.688. The van der Waals surface area contributed by atoms with Gasteiger partial charge in [-0.2, -0.15) is 0 Å². The fraction of sp³-hybridized carbons (Fsp3) is 0.429. The highest BCUT2D eigenvalue weighted by Crippen LogP contribution is 2.30. The minimum absolute atomic E-state index is 0.202. The monoisotopic (exact) mass is 243 g/mol. The van der Waals surface area contributed by atoms with Gasteiger partial charge in [0.25, 0.3) is 0 Å². The van der Waals surface area contributed by atoms with Gasteiger partial charge in [-0.05, 0) is 37.9 Å². The Balaban J connectivity index is 1.90. The van der Waals surface area contributed by atoms with Crippen LogP contribution in [0.3, 0.4) is 0 Å². The second kappa shape index (κ2) is 4.90. The molecule has 1 aromatic carbocycles. The molecular weight excluding hydrogens is 226 g/mol. The van der Waals surface area contributed by atoms with Crippen molar-refractivity contribution >= 4 is 10.9 Å². The first-order valence-electron chi connectivity index (χ1n) is 6.45. The van der Waals surface area contributed by atoms with Crippen molar-refractivity contribution in [3.63, 3.8) is 0 Å². The van der Waals surface area contributed by atoms with Crippen molar-refractivity contribution in [2.45, 2.75) is 25.4 Å². The molecule has 0 bridgehead atoms. The number of hydrogen-bond donors (Lipinski definition) is 1. The number of nitrogens with zero attached hydrogens (tertiary/aromatic N) is 2. The van der Waals surface area contributed by atoms with Crippen LogP contribution >= 0.6 is 0 Å².